The van der Waals surface area contributed by atoms with Crippen LogP contribution in [0.4, 0.5) is 0 Å². The Morgan fingerprint density at radius 2 is 1.92 bits per heavy atom. The highest BCUT2D eigenvalue weighted by atomic mass is 16.5. The number of benzene rings is 1. The quantitative estimate of drug-likeness (QED) is 0.797. The predicted octanol–water partition coefficient (Wildman–Crippen LogP) is 3.02. The van der Waals surface area contributed by atoms with Crippen LogP contribution in [0.15, 0.2) is 36.4 Å². The van der Waals surface area contributed by atoms with Gasteiger partial charge in [-0.3, -0.25) is 9.59 Å². The van der Waals surface area contributed by atoms with Crippen LogP contribution in [0.25, 0.3) is 0 Å². The largest absolute Gasteiger partial charge is 0.490 e. The molecule has 0 aliphatic carbocycles. The SMILES string of the molecule is CC(C)[C@@H]1C(=O)NCC/C=C\C[C@H](C)Oc2ccccc2C(=O)N1C. The molecular weight excluding hydrogens is 316 g/mol. The third-order valence-corrected chi connectivity index (χ3v) is 4.33. The second-order valence-corrected chi connectivity index (χ2v) is 6.82. The fourth-order valence-electron chi connectivity index (χ4n) is 3.04. The Balaban J connectivity index is 2.39. The van der Waals surface area contributed by atoms with Gasteiger partial charge < -0.3 is 15.0 Å². The first-order valence-electron chi connectivity index (χ1n) is 8.87. The lowest BCUT2D eigenvalue weighted by Crippen LogP contribution is -2.50. The molecule has 5 nitrogen and oxygen atoms in total. The number of fused-ring (bicyclic) bond motifs is 1. The van der Waals surface area contributed by atoms with Gasteiger partial charge in [0.15, 0.2) is 0 Å². The number of rotatable bonds is 1. The van der Waals surface area contributed by atoms with Crippen LogP contribution in [-0.2, 0) is 4.79 Å². The Kier molecular flexibility index (Phi) is 6.62. The number of hydrogen-bond donors (Lipinski definition) is 1. The van der Waals surface area contributed by atoms with Gasteiger partial charge in [0.2, 0.25) is 5.91 Å². The minimum atomic E-state index is -0.523. The number of nitrogens with one attached hydrogen (secondary N) is 1. The number of amides is 2. The molecule has 0 aromatic heterocycles. The molecule has 1 aliphatic rings. The molecule has 0 unspecified atom stereocenters. The molecule has 0 radical (unpaired) electrons. The number of carbonyl (C=O) groups excluding carboxylic acids is 2. The van der Waals surface area contributed by atoms with Crippen LogP contribution >= 0.6 is 0 Å². The van der Waals surface area contributed by atoms with Crippen molar-refractivity contribution in [3.8, 4) is 5.75 Å². The van der Waals surface area contributed by atoms with Gasteiger partial charge in [-0.15, -0.1) is 0 Å². The van der Waals surface area contributed by atoms with E-state index in [4.69, 9.17) is 4.74 Å². The second-order valence-electron chi connectivity index (χ2n) is 6.82. The normalized spacial score (nSPS) is 24.1. The first kappa shape index (κ1) is 19.0. The zero-order chi connectivity index (χ0) is 18.4. The van der Waals surface area contributed by atoms with Gasteiger partial charge >= 0.3 is 0 Å². The van der Waals surface area contributed by atoms with Crippen LogP contribution in [0.5, 0.6) is 5.75 Å². The Morgan fingerprint density at radius 3 is 2.64 bits per heavy atom. The lowest BCUT2D eigenvalue weighted by molar-refractivity contribution is -0.126. The summed E-state index contributed by atoms with van der Waals surface area (Å²) in [6.45, 7) is 6.44. The van der Waals surface area contributed by atoms with Crippen molar-refractivity contribution in [1.82, 2.24) is 10.2 Å². The van der Waals surface area contributed by atoms with Crippen LogP contribution in [0, 0.1) is 5.92 Å². The minimum absolute atomic E-state index is 0.00408. The maximum Gasteiger partial charge on any atom is 0.258 e. The number of likely N-dealkylation sites (N-methyl/N-ethyl adjacent to an activating group) is 1. The highest BCUT2D eigenvalue weighted by Gasteiger charge is 2.31. The monoisotopic (exact) mass is 344 g/mol. The molecule has 5 heteroatoms. The van der Waals surface area contributed by atoms with Crippen LogP contribution in [0.2, 0.25) is 0 Å². The zero-order valence-corrected chi connectivity index (χ0v) is 15.5. The van der Waals surface area contributed by atoms with Gasteiger partial charge in [-0.2, -0.15) is 0 Å². The smallest absolute Gasteiger partial charge is 0.258 e. The summed E-state index contributed by atoms with van der Waals surface area (Å²) in [5.41, 5.74) is 0.483. The number of para-hydroxylation sites is 1. The standard InChI is InChI=1S/C20H28N2O3/c1-14(2)18-19(23)21-13-9-5-6-10-15(3)25-17-12-8-7-11-16(17)20(24)22(18)4/h5-8,11-12,14-15,18H,9-10,13H2,1-4H3,(H,21,23)/b6-5-/t15-,18+/m0/s1. The van der Waals surface area contributed by atoms with E-state index in [1.165, 1.54) is 4.90 Å². The van der Waals surface area contributed by atoms with E-state index in [0.29, 0.717) is 17.9 Å². The average Bonchev–Trinajstić information content (AvgIpc) is 2.56. The van der Waals surface area contributed by atoms with Gasteiger partial charge in [0.1, 0.15) is 11.8 Å². The molecule has 136 valence electrons. The summed E-state index contributed by atoms with van der Waals surface area (Å²) in [5.74, 6) is 0.233. The van der Waals surface area contributed by atoms with Crippen molar-refractivity contribution in [2.75, 3.05) is 13.6 Å². The topological polar surface area (TPSA) is 58.6 Å². The third-order valence-electron chi connectivity index (χ3n) is 4.33. The van der Waals surface area contributed by atoms with Gasteiger partial charge in [0, 0.05) is 20.0 Å². The summed E-state index contributed by atoms with van der Waals surface area (Å²) in [6, 6.07) is 6.69. The summed E-state index contributed by atoms with van der Waals surface area (Å²) in [6.07, 6.45) is 5.59. The van der Waals surface area contributed by atoms with Crippen molar-refractivity contribution in [2.24, 2.45) is 5.92 Å². The van der Waals surface area contributed by atoms with E-state index in [9.17, 15) is 9.59 Å². The van der Waals surface area contributed by atoms with E-state index in [2.05, 4.69) is 17.5 Å². The summed E-state index contributed by atoms with van der Waals surface area (Å²) < 4.78 is 5.98. The third kappa shape index (κ3) is 4.84. The first-order valence-corrected chi connectivity index (χ1v) is 8.87. The lowest BCUT2D eigenvalue weighted by Gasteiger charge is -2.31. The fraction of sp³-hybridized carbons (Fsp3) is 0.500. The van der Waals surface area contributed by atoms with Gasteiger partial charge in [-0.1, -0.05) is 38.1 Å². The molecule has 2 rings (SSSR count). The van der Waals surface area contributed by atoms with E-state index >= 15 is 0 Å². The molecule has 1 aromatic carbocycles. The summed E-state index contributed by atoms with van der Waals surface area (Å²) >= 11 is 0. The molecule has 0 saturated heterocycles. The maximum atomic E-state index is 13.0. The predicted molar refractivity (Wildman–Crippen MR) is 98.6 cm³/mol. The van der Waals surface area contributed by atoms with Crippen molar-refractivity contribution in [2.45, 2.75) is 45.8 Å². The van der Waals surface area contributed by atoms with Gasteiger partial charge in [0.25, 0.3) is 5.91 Å². The Labute approximate surface area is 150 Å². The Morgan fingerprint density at radius 1 is 1.20 bits per heavy atom. The Hall–Kier alpha value is -2.30. The molecule has 1 aromatic rings. The van der Waals surface area contributed by atoms with E-state index in [-0.39, 0.29) is 23.8 Å². The zero-order valence-electron chi connectivity index (χ0n) is 15.5. The van der Waals surface area contributed by atoms with Crippen LogP contribution < -0.4 is 10.1 Å². The molecule has 0 saturated carbocycles. The van der Waals surface area contributed by atoms with Gasteiger partial charge in [-0.25, -0.2) is 0 Å². The molecule has 1 heterocycles. The van der Waals surface area contributed by atoms with Gasteiger partial charge in [0.05, 0.1) is 11.7 Å². The van der Waals surface area contributed by atoms with E-state index < -0.39 is 6.04 Å². The Bertz CT molecular complexity index is 640. The molecule has 2 amide bonds. The van der Waals surface area contributed by atoms with Crippen LogP contribution in [0.3, 0.4) is 0 Å². The maximum absolute atomic E-state index is 13.0. The highest BCUT2D eigenvalue weighted by molar-refractivity contribution is 5.99. The number of carbonyl (C=O) groups is 2. The van der Waals surface area contributed by atoms with E-state index in [1.807, 2.05) is 32.9 Å². The molecule has 2 atom stereocenters. The number of hydrogen-bond acceptors (Lipinski definition) is 3. The molecule has 0 bridgehead atoms. The molecule has 0 fully saturated rings. The second kappa shape index (κ2) is 8.70. The summed E-state index contributed by atoms with van der Waals surface area (Å²) in [7, 11) is 1.68. The number of nitrogens with zero attached hydrogens (tertiary/aromatic N) is 1. The molecule has 0 spiro atoms. The first-order chi connectivity index (χ1) is 11.9. The molecule has 1 aliphatic heterocycles. The highest BCUT2D eigenvalue weighted by Crippen LogP contribution is 2.24. The molecular formula is C20H28N2O3. The van der Waals surface area contributed by atoms with E-state index in [1.54, 1.807) is 19.2 Å². The van der Waals surface area contributed by atoms with Gasteiger partial charge in [-0.05, 0) is 31.4 Å². The van der Waals surface area contributed by atoms with Crippen molar-refractivity contribution in [3.63, 3.8) is 0 Å². The average molecular weight is 344 g/mol. The molecule has 1 N–H and O–H groups in total. The minimum Gasteiger partial charge on any atom is -0.490 e. The van der Waals surface area contributed by atoms with Crippen molar-refractivity contribution >= 4 is 11.8 Å². The summed E-state index contributed by atoms with van der Waals surface area (Å²) in [4.78, 5) is 27.1. The van der Waals surface area contributed by atoms with Crippen molar-refractivity contribution in [1.29, 1.82) is 0 Å². The fourth-order valence-corrected chi connectivity index (χ4v) is 3.04. The van der Waals surface area contributed by atoms with Crippen LogP contribution in [0.1, 0.15) is 44.0 Å². The van der Waals surface area contributed by atoms with Crippen molar-refractivity contribution in [3.05, 3.63) is 42.0 Å². The molecule has 25 heavy (non-hydrogen) atoms. The van der Waals surface area contributed by atoms with Crippen molar-refractivity contribution < 1.29 is 14.3 Å². The number of ether oxygens (including phenoxy) is 1. The van der Waals surface area contributed by atoms with Crippen LogP contribution in [-0.4, -0.2) is 42.5 Å². The van der Waals surface area contributed by atoms with E-state index in [0.717, 1.165) is 12.8 Å². The lowest BCUT2D eigenvalue weighted by atomic mass is 10.0. The summed E-state index contributed by atoms with van der Waals surface area (Å²) in [5, 5.41) is 2.94.